The van der Waals surface area contributed by atoms with Gasteiger partial charge in [0.2, 0.25) is 0 Å². The third kappa shape index (κ3) is 1.61. The Labute approximate surface area is 89.6 Å². The van der Waals surface area contributed by atoms with Gasteiger partial charge in [-0.25, -0.2) is 0 Å². The summed E-state index contributed by atoms with van der Waals surface area (Å²) in [7, 11) is 0. The van der Waals surface area contributed by atoms with Crippen LogP contribution in [0.2, 0.25) is 0 Å². The van der Waals surface area contributed by atoms with Crippen LogP contribution in [-0.2, 0) is 4.37 Å². The molecule has 2 aromatic carbocycles. The van der Waals surface area contributed by atoms with Gasteiger partial charge in [0.25, 0.3) is 12.7 Å². The van der Waals surface area contributed by atoms with E-state index in [0.717, 1.165) is 12.4 Å². The maximum atomic E-state index is 3.22. The minimum absolute atomic E-state index is 0.477. The zero-order chi connectivity index (χ0) is 10.1. The van der Waals surface area contributed by atoms with Crippen LogP contribution in [0.3, 0.4) is 0 Å². The van der Waals surface area contributed by atoms with E-state index in [0.29, 0.717) is 6.10 Å². The van der Waals surface area contributed by atoms with E-state index >= 15 is 0 Å². The van der Waals surface area contributed by atoms with Gasteiger partial charge in [-0.15, -0.1) is 0 Å². The molecule has 0 aromatic heterocycles. The largest absolute Gasteiger partial charge is 0.572 e. The minimum Gasteiger partial charge on any atom is -0.572 e. The first-order valence-electron chi connectivity index (χ1n) is 5.16. The highest BCUT2D eigenvalue weighted by molar-refractivity contribution is 5.29. The van der Waals surface area contributed by atoms with Gasteiger partial charge in [0.15, 0.2) is 0 Å². The Morgan fingerprint density at radius 2 is 1.80 bits per heavy atom. The third-order valence-corrected chi connectivity index (χ3v) is 2.69. The highest BCUT2D eigenvalue weighted by atomic mass is 16.8. The molecule has 1 nitrogen and oxygen atoms in total. The first kappa shape index (κ1) is 8.54. The highest BCUT2D eigenvalue weighted by Crippen LogP contribution is 2.48. The van der Waals surface area contributed by atoms with Gasteiger partial charge in [-0.2, -0.15) is 18.2 Å². The first-order chi connectivity index (χ1) is 7.45. The summed E-state index contributed by atoms with van der Waals surface area (Å²) in [5.74, 6) is 1.12. The van der Waals surface area contributed by atoms with E-state index in [2.05, 4.69) is 46.8 Å². The van der Waals surface area contributed by atoms with E-state index in [1.165, 1.54) is 5.56 Å². The molecule has 0 spiro atoms. The van der Waals surface area contributed by atoms with Crippen molar-refractivity contribution in [1.29, 1.82) is 0 Å². The van der Waals surface area contributed by atoms with E-state index < -0.39 is 0 Å². The zero-order valence-corrected chi connectivity index (χ0v) is 8.39. The highest BCUT2D eigenvalue weighted by Gasteiger charge is 2.43. The fourth-order valence-corrected chi connectivity index (χ4v) is 1.83. The van der Waals surface area contributed by atoms with Crippen molar-refractivity contribution in [2.45, 2.75) is 6.10 Å². The Balaban J connectivity index is 1.81. The molecule has 0 amide bonds. The van der Waals surface area contributed by atoms with Crippen LogP contribution in [0.25, 0.3) is 0 Å². The van der Waals surface area contributed by atoms with Gasteiger partial charge in [-0.05, 0) is 12.1 Å². The van der Waals surface area contributed by atoms with Gasteiger partial charge in [0.05, 0.1) is 5.56 Å². The molecular formula is C14H12O. The van der Waals surface area contributed by atoms with Gasteiger partial charge in [0.1, 0.15) is 5.75 Å². The van der Waals surface area contributed by atoms with Gasteiger partial charge < -0.3 is 4.37 Å². The van der Waals surface area contributed by atoms with Gasteiger partial charge in [0, 0.05) is 0 Å². The van der Waals surface area contributed by atoms with Crippen LogP contribution in [0.4, 0.5) is 0 Å². The molecule has 15 heavy (non-hydrogen) atoms. The molecule has 1 heterocycles. The SMILES string of the molecule is [c-]1ccccc1[O+]1CC1c1ccccc1. The molecule has 3 rings (SSSR count). The Hall–Kier alpha value is -1.76. The summed E-state index contributed by atoms with van der Waals surface area (Å²) in [5.41, 5.74) is 1.36. The molecule has 74 valence electrons. The smallest absolute Gasteiger partial charge is 0.289 e. The normalized spacial score (nSPS) is 18.9. The Bertz CT molecular complexity index is 392. The predicted octanol–water partition coefficient (Wildman–Crippen LogP) is 3.51. The second-order valence-corrected chi connectivity index (χ2v) is 3.72. The van der Waals surface area contributed by atoms with E-state index in [1.807, 2.05) is 18.2 Å². The molecule has 0 saturated carbocycles. The lowest BCUT2D eigenvalue weighted by Gasteiger charge is -2.07. The average Bonchev–Trinajstić information content (AvgIpc) is 3.11. The molecule has 1 unspecified atom stereocenters. The summed E-state index contributed by atoms with van der Waals surface area (Å²) in [6.45, 7) is 1.03. The molecule has 1 aliphatic rings. The Morgan fingerprint density at radius 3 is 2.53 bits per heavy atom. The van der Waals surface area contributed by atoms with Crippen molar-refractivity contribution in [1.82, 2.24) is 0 Å². The Morgan fingerprint density at radius 1 is 1.00 bits per heavy atom. The average molecular weight is 196 g/mol. The van der Waals surface area contributed by atoms with Crippen LogP contribution in [0.5, 0.6) is 5.75 Å². The van der Waals surface area contributed by atoms with Crippen LogP contribution in [0, 0.1) is 6.07 Å². The van der Waals surface area contributed by atoms with Crippen molar-refractivity contribution in [2.75, 3.05) is 6.61 Å². The van der Waals surface area contributed by atoms with Crippen LogP contribution in [-0.4, -0.2) is 6.61 Å². The molecule has 1 saturated heterocycles. The standard InChI is InChI=1S/C14H12O/c1-3-7-12(8-4-1)14-11-15(14)13-9-5-2-6-10-13/h1-9,14H,11H2. The third-order valence-electron chi connectivity index (χ3n) is 2.69. The summed E-state index contributed by atoms with van der Waals surface area (Å²) < 4.78 is 3.18. The van der Waals surface area contributed by atoms with E-state index in [1.54, 1.807) is 0 Å². The molecule has 1 heteroatoms. The number of para-hydroxylation sites is 1. The van der Waals surface area contributed by atoms with Crippen molar-refractivity contribution in [3.05, 3.63) is 66.2 Å². The predicted molar refractivity (Wildman–Crippen MR) is 59.9 cm³/mol. The molecular weight excluding hydrogens is 184 g/mol. The molecule has 2 aromatic rings. The van der Waals surface area contributed by atoms with Crippen molar-refractivity contribution >= 4 is 0 Å². The molecule has 0 radical (unpaired) electrons. The zero-order valence-electron chi connectivity index (χ0n) is 8.39. The quantitative estimate of drug-likeness (QED) is 0.392. The van der Waals surface area contributed by atoms with Crippen molar-refractivity contribution in [3.8, 4) is 5.75 Å². The van der Waals surface area contributed by atoms with Crippen LogP contribution < -0.4 is 0 Å². The lowest BCUT2D eigenvalue weighted by atomic mass is 10.2. The molecule has 1 atom stereocenters. The van der Waals surface area contributed by atoms with Gasteiger partial charge >= 0.3 is 0 Å². The number of hydrogen-bond donors (Lipinski definition) is 0. The first-order valence-corrected chi connectivity index (χ1v) is 5.16. The summed E-state index contributed by atoms with van der Waals surface area (Å²) in [6.07, 6.45) is 0.477. The molecule has 0 aliphatic carbocycles. The lowest BCUT2D eigenvalue weighted by Crippen LogP contribution is -1.81. The molecule has 0 bridgehead atoms. The van der Waals surface area contributed by atoms with Crippen LogP contribution in [0.15, 0.2) is 54.6 Å². The maximum Gasteiger partial charge on any atom is 0.289 e. The van der Waals surface area contributed by atoms with Crippen molar-refractivity contribution < 1.29 is 4.37 Å². The minimum atomic E-state index is 0.477. The summed E-state index contributed by atoms with van der Waals surface area (Å²) in [4.78, 5) is 0. The fourth-order valence-electron chi connectivity index (χ4n) is 1.83. The number of benzene rings is 2. The molecule has 1 fully saturated rings. The molecule has 0 N–H and O–H groups in total. The van der Waals surface area contributed by atoms with E-state index in [-0.39, 0.29) is 0 Å². The van der Waals surface area contributed by atoms with E-state index in [4.69, 9.17) is 0 Å². The fraction of sp³-hybridized carbons (Fsp3) is 0.143. The topological polar surface area (TPSA) is 2.70 Å². The van der Waals surface area contributed by atoms with Crippen LogP contribution in [0.1, 0.15) is 11.7 Å². The number of rotatable bonds is 2. The number of epoxide rings is 1. The van der Waals surface area contributed by atoms with Gasteiger partial charge in [-0.3, -0.25) is 0 Å². The second kappa shape index (κ2) is 3.43. The monoisotopic (exact) mass is 196 g/mol. The van der Waals surface area contributed by atoms with Gasteiger partial charge in [-0.1, -0.05) is 30.3 Å². The van der Waals surface area contributed by atoms with Crippen molar-refractivity contribution in [2.24, 2.45) is 0 Å². The summed E-state index contributed by atoms with van der Waals surface area (Å²) >= 11 is 0. The second-order valence-electron chi connectivity index (χ2n) is 3.72. The van der Waals surface area contributed by atoms with Crippen molar-refractivity contribution in [3.63, 3.8) is 0 Å². The summed E-state index contributed by atoms with van der Waals surface area (Å²) in [6, 6.07) is 21.8. The number of hydrogen-bond acceptors (Lipinski definition) is 0. The summed E-state index contributed by atoms with van der Waals surface area (Å²) in [5, 5.41) is 0. The molecule has 1 aliphatic heterocycles. The lowest BCUT2D eigenvalue weighted by molar-refractivity contribution is 0.166. The van der Waals surface area contributed by atoms with Crippen LogP contribution >= 0.6 is 0 Å². The maximum absolute atomic E-state index is 3.22. The Kier molecular flexibility index (Phi) is 1.95. The van der Waals surface area contributed by atoms with E-state index in [9.17, 15) is 0 Å².